The lowest BCUT2D eigenvalue weighted by atomic mass is 9.83. The SMILES string of the molecule is Cc1ccc(S(=O)(=O)N2CCC(CC3CC(=O)C(c4c(C)cc(C)cc4C)C3=O)CC2)cc1. The second-order valence-corrected chi connectivity index (χ2v) is 11.8. The number of ketones is 2. The number of piperidine rings is 1. The van der Waals surface area contributed by atoms with Gasteiger partial charge in [-0.25, -0.2) is 8.42 Å². The van der Waals surface area contributed by atoms with Crippen molar-refractivity contribution in [3.05, 3.63) is 64.2 Å². The lowest BCUT2D eigenvalue weighted by Gasteiger charge is -2.32. The lowest BCUT2D eigenvalue weighted by molar-refractivity contribution is -0.125. The van der Waals surface area contributed by atoms with Crippen LogP contribution in [0.5, 0.6) is 0 Å². The van der Waals surface area contributed by atoms with Crippen molar-refractivity contribution >= 4 is 21.6 Å². The van der Waals surface area contributed by atoms with Gasteiger partial charge in [0.05, 0.1) is 4.90 Å². The highest BCUT2D eigenvalue weighted by Gasteiger charge is 2.44. The maximum atomic E-state index is 13.3. The lowest BCUT2D eigenvalue weighted by Crippen LogP contribution is -2.39. The van der Waals surface area contributed by atoms with Crippen LogP contribution in [0.4, 0.5) is 0 Å². The number of Topliss-reactive ketones (excluding diaryl/α,β-unsaturated/α-hetero) is 2. The summed E-state index contributed by atoms with van der Waals surface area (Å²) >= 11 is 0. The van der Waals surface area contributed by atoms with Gasteiger partial charge in [0.25, 0.3) is 0 Å². The first-order chi connectivity index (χ1) is 15.6. The molecule has 0 spiro atoms. The number of hydrogen-bond donors (Lipinski definition) is 0. The zero-order valence-corrected chi connectivity index (χ0v) is 20.7. The van der Waals surface area contributed by atoms with E-state index in [9.17, 15) is 18.0 Å². The van der Waals surface area contributed by atoms with E-state index in [1.165, 1.54) is 0 Å². The van der Waals surface area contributed by atoms with E-state index < -0.39 is 15.9 Å². The van der Waals surface area contributed by atoms with Crippen molar-refractivity contribution < 1.29 is 18.0 Å². The van der Waals surface area contributed by atoms with E-state index >= 15 is 0 Å². The number of hydrogen-bond acceptors (Lipinski definition) is 4. The average molecular weight is 468 g/mol. The second-order valence-electron chi connectivity index (χ2n) is 9.91. The van der Waals surface area contributed by atoms with E-state index in [4.69, 9.17) is 0 Å². The predicted octanol–water partition coefficient (Wildman–Crippen LogP) is 4.65. The van der Waals surface area contributed by atoms with Gasteiger partial charge in [-0.1, -0.05) is 35.4 Å². The van der Waals surface area contributed by atoms with Crippen LogP contribution in [0.2, 0.25) is 0 Å². The highest BCUT2D eigenvalue weighted by Crippen LogP contribution is 2.40. The largest absolute Gasteiger partial charge is 0.298 e. The first-order valence-electron chi connectivity index (χ1n) is 11.8. The minimum atomic E-state index is -3.49. The van der Waals surface area contributed by atoms with Crippen LogP contribution in [-0.2, 0) is 19.6 Å². The van der Waals surface area contributed by atoms with Crippen LogP contribution in [-0.4, -0.2) is 37.4 Å². The number of carbonyl (C=O) groups excluding carboxylic acids is 2. The molecule has 33 heavy (non-hydrogen) atoms. The Kier molecular flexibility index (Phi) is 6.61. The molecule has 2 aromatic rings. The van der Waals surface area contributed by atoms with Crippen LogP contribution >= 0.6 is 0 Å². The molecule has 1 saturated heterocycles. The molecule has 2 unspecified atom stereocenters. The number of aryl methyl sites for hydroxylation is 4. The zero-order chi connectivity index (χ0) is 23.9. The fourth-order valence-corrected chi connectivity index (χ4v) is 7.12. The molecule has 0 radical (unpaired) electrons. The molecule has 1 aliphatic heterocycles. The summed E-state index contributed by atoms with van der Waals surface area (Å²) < 4.78 is 27.5. The van der Waals surface area contributed by atoms with Crippen molar-refractivity contribution in [1.82, 2.24) is 4.31 Å². The summed E-state index contributed by atoms with van der Waals surface area (Å²) in [6.45, 7) is 8.82. The highest BCUT2D eigenvalue weighted by molar-refractivity contribution is 7.89. The molecule has 176 valence electrons. The number of carbonyl (C=O) groups is 2. The minimum absolute atomic E-state index is 0.0273. The normalized spacial score (nSPS) is 22.8. The van der Waals surface area contributed by atoms with E-state index in [1.54, 1.807) is 16.4 Å². The third-order valence-corrected chi connectivity index (χ3v) is 9.25. The molecule has 5 nitrogen and oxygen atoms in total. The van der Waals surface area contributed by atoms with E-state index in [-0.39, 0.29) is 23.4 Å². The van der Waals surface area contributed by atoms with Gasteiger partial charge in [-0.3, -0.25) is 9.59 Å². The van der Waals surface area contributed by atoms with Crippen LogP contribution < -0.4 is 0 Å². The molecule has 0 N–H and O–H groups in total. The Labute approximate surface area is 197 Å². The Hall–Kier alpha value is -2.31. The second kappa shape index (κ2) is 9.15. The summed E-state index contributed by atoms with van der Waals surface area (Å²) in [6.07, 6.45) is 2.41. The summed E-state index contributed by atoms with van der Waals surface area (Å²) in [4.78, 5) is 26.5. The van der Waals surface area contributed by atoms with Crippen molar-refractivity contribution in [3.63, 3.8) is 0 Å². The van der Waals surface area contributed by atoms with Gasteiger partial charge < -0.3 is 0 Å². The van der Waals surface area contributed by atoms with Crippen LogP contribution in [0.1, 0.15) is 59.4 Å². The fourth-order valence-electron chi connectivity index (χ4n) is 5.65. The Balaban J connectivity index is 1.41. The standard InChI is InChI=1S/C27H33NO4S/c1-17-5-7-23(8-6-17)33(31,32)28-11-9-21(10-12-28)15-22-16-24(29)26(27(22)30)25-19(3)13-18(2)14-20(25)4/h5-8,13-14,21-22,26H,9-12,15-16H2,1-4H3. The van der Waals surface area contributed by atoms with E-state index in [0.29, 0.717) is 30.8 Å². The summed E-state index contributed by atoms with van der Waals surface area (Å²) in [5, 5.41) is 0. The summed E-state index contributed by atoms with van der Waals surface area (Å²) in [5.41, 5.74) is 5.06. The minimum Gasteiger partial charge on any atom is -0.298 e. The topological polar surface area (TPSA) is 71.5 Å². The summed E-state index contributed by atoms with van der Waals surface area (Å²) in [6, 6.07) is 11.0. The van der Waals surface area contributed by atoms with E-state index in [2.05, 4.69) is 0 Å². The van der Waals surface area contributed by atoms with Crippen LogP contribution in [0.15, 0.2) is 41.3 Å². The third kappa shape index (κ3) is 4.69. The van der Waals surface area contributed by atoms with Crippen molar-refractivity contribution in [1.29, 1.82) is 0 Å². The molecular weight excluding hydrogens is 434 g/mol. The smallest absolute Gasteiger partial charge is 0.243 e. The molecule has 0 bridgehead atoms. The first kappa shape index (κ1) is 23.8. The quantitative estimate of drug-likeness (QED) is 0.600. The zero-order valence-electron chi connectivity index (χ0n) is 19.9. The van der Waals surface area contributed by atoms with Gasteiger partial charge in [0.2, 0.25) is 10.0 Å². The first-order valence-corrected chi connectivity index (χ1v) is 13.2. The van der Waals surface area contributed by atoms with Crippen LogP contribution in [0, 0.1) is 39.5 Å². The molecule has 1 heterocycles. The Morgan fingerprint density at radius 2 is 1.45 bits per heavy atom. The molecule has 2 aromatic carbocycles. The van der Waals surface area contributed by atoms with Gasteiger partial charge >= 0.3 is 0 Å². The van der Waals surface area contributed by atoms with E-state index in [1.807, 2.05) is 52.0 Å². The molecule has 2 aliphatic rings. The predicted molar refractivity (Wildman–Crippen MR) is 129 cm³/mol. The molecule has 6 heteroatoms. The van der Waals surface area contributed by atoms with Gasteiger partial charge in [0.15, 0.2) is 5.78 Å². The van der Waals surface area contributed by atoms with Crippen molar-refractivity contribution in [2.24, 2.45) is 11.8 Å². The Morgan fingerprint density at radius 3 is 2.03 bits per heavy atom. The van der Waals surface area contributed by atoms with Gasteiger partial charge in [0.1, 0.15) is 11.7 Å². The number of benzene rings is 2. The third-order valence-electron chi connectivity index (χ3n) is 7.33. The number of rotatable bonds is 5. The maximum Gasteiger partial charge on any atom is 0.243 e. The van der Waals surface area contributed by atoms with Gasteiger partial charge in [-0.15, -0.1) is 0 Å². The van der Waals surface area contributed by atoms with Gasteiger partial charge in [-0.2, -0.15) is 4.31 Å². The van der Waals surface area contributed by atoms with E-state index in [0.717, 1.165) is 40.7 Å². The van der Waals surface area contributed by atoms with Gasteiger partial charge in [-0.05, 0) is 81.7 Å². The van der Waals surface area contributed by atoms with Crippen molar-refractivity contribution in [3.8, 4) is 0 Å². The summed E-state index contributed by atoms with van der Waals surface area (Å²) in [5.74, 6) is -0.565. The summed E-state index contributed by atoms with van der Waals surface area (Å²) in [7, 11) is -3.49. The maximum absolute atomic E-state index is 13.3. The van der Waals surface area contributed by atoms with Crippen molar-refractivity contribution in [2.45, 2.75) is 64.2 Å². The molecule has 2 atom stereocenters. The monoisotopic (exact) mass is 467 g/mol. The fraction of sp³-hybridized carbons (Fsp3) is 0.481. The number of nitrogens with zero attached hydrogens (tertiary/aromatic N) is 1. The molecular formula is C27H33NO4S. The van der Waals surface area contributed by atoms with Gasteiger partial charge in [0, 0.05) is 25.4 Å². The van der Waals surface area contributed by atoms with Crippen LogP contribution in [0.25, 0.3) is 0 Å². The molecule has 2 fully saturated rings. The molecule has 4 rings (SSSR count). The Bertz CT molecular complexity index is 1150. The highest BCUT2D eigenvalue weighted by atomic mass is 32.2. The molecule has 0 amide bonds. The molecule has 1 saturated carbocycles. The number of sulfonamides is 1. The molecule has 0 aromatic heterocycles. The molecule has 1 aliphatic carbocycles. The Morgan fingerprint density at radius 1 is 0.879 bits per heavy atom. The average Bonchev–Trinajstić information content (AvgIpc) is 3.01. The van der Waals surface area contributed by atoms with Crippen molar-refractivity contribution in [2.75, 3.05) is 13.1 Å². The van der Waals surface area contributed by atoms with Crippen LogP contribution in [0.3, 0.4) is 0 Å².